The van der Waals surface area contributed by atoms with Gasteiger partial charge in [-0.1, -0.05) is 19.1 Å². The molecule has 18 heavy (non-hydrogen) atoms. The van der Waals surface area contributed by atoms with Crippen LogP contribution in [0.15, 0.2) is 36.5 Å². The molecule has 2 aromatic rings. The van der Waals surface area contributed by atoms with Crippen molar-refractivity contribution in [1.29, 1.82) is 0 Å². The van der Waals surface area contributed by atoms with Crippen LogP contribution in [-0.2, 0) is 0 Å². The van der Waals surface area contributed by atoms with E-state index in [1.54, 1.807) is 30.5 Å². The number of rotatable bonds is 5. The number of para-hydroxylation sites is 1. The number of aromatic nitrogens is 2. The van der Waals surface area contributed by atoms with Gasteiger partial charge in [0.05, 0.1) is 5.69 Å². The Balaban J connectivity index is 2.12. The molecule has 0 spiro atoms. The molecule has 0 aliphatic rings. The second-order valence-electron chi connectivity index (χ2n) is 3.80. The van der Waals surface area contributed by atoms with E-state index in [1.165, 1.54) is 6.07 Å². The molecule has 0 bridgehead atoms. The maximum atomic E-state index is 13.4. The Hall–Kier alpha value is -2.17. The van der Waals surface area contributed by atoms with Gasteiger partial charge >= 0.3 is 0 Å². The monoisotopic (exact) mass is 246 g/mol. The number of hydrogen-bond acceptors (Lipinski definition) is 4. The van der Waals surface area contributed by atoms with Crippen molar-refractivity contribution in [2.75, 3.05) is 17.2 Å². The van der Waals surface area contributed by atoms with Crippen LogP contribution in [0.4, 0.5) is 21.8 Å². The molecule has 94 valence electrons. The van der Waals surface area contributed by atoms with E-state index in [2.05, 4.69) is 27.5 Å². The maximum absolute atomic E-state index is 13.4. The molecular formula is C13H15FN4. The minimum absolute atomic E-state index is 0.326. The molecule has 5 heteroatoms. The van der Waals surface area contributed by atoms with Crippen LogP contribution in [0.3, 0.4) is 0 Å². The van der Waals surface area contributed by atoms with E-state index in [9.17, 15) is 4.39 Å². The molecule has 0 aliphatic carbocycles. The van der Waals surface area contributed by atoms with Gasteiger partial charge in [-0.3, -0.25) is 0 Å². The normalized spacial score (nSPS) is 10.1. The summed E-state index contributed by atoms with van der Waals surface area (Å²) in [4.78, 5) is 8.30. The van der Waals surface area contributed by atoms with Gasteiger partial charge in [0.25, 0.3) is 0 Å². The lowest BCUT2D eigenvalue weighted by molar-refractivity contribution is 0.631. The van der Waals surface area contributed by atoms with Crippen molar-refractivity contribution in [3.8, 4) is 0 Å². The van der Waals surface area contributed by atoms with Crippen molar-refractivity contribution in [3.05, 3.63) is 42.3 Å². The summed E-state index contributed by atoms with van der Waals surface area (Å²) < 4.78 is 13.4. The highest BCUT2D eigenvalue weighted by atomic mass is 19.1. The molecule has 0 saturated heterocycles. The lowest BCUT2D eigenvalue weighted by atomic mass is 10.3. The van der Waals surface area contributed by atoms with Gasteiger partial charge in [-0.2, -0.15) is 4.98 Å². The standard InChI is InChI=1S/C13H15FN4/c1-2-8-15-12-7-9-16-13(18-12)17-11-6-4-3-5-10(11)14/h3-7,9H,2,8H2,1H3,(H2,15,16,17,18). The lowest BCUT2D eigenvalue weighted by Crippen LogP contribution is -2.05. The molecule has 1 heterocycles. The highest BCUT2D eigenvalue weighted by molar-refractivity contribution is 5.55. The minimum atomic E-state index is -0.326. The number of halogens is 1. The SMILES string of the molecule is CCCNc1ccnc(Nc2ccccc2F)n1. The van der Waals surface area contributed by atoms with Crippen LogP contribution in [-0.4, -0.2) is 16.5 Å². The predicted molar refractivity (Wildman–Crippen MR) is 70.5 cm³/mol. The Kier molecular flexibility index (Phi) is 4.06. The lowest BCUT2D eigenvalue weighted by Gasteiger charge is -2.08. The zero-order valence-electron chi connectivity index (χ0n) is 10.2. The van der Waals surface area contributed by atoms with Crippen LogP contribution in [0.5, 0.6) is 0 Å². The third kappa shape index (κ3) is 3.16. The zero-order chi connectivity index (χ0) is 12.8. The third-order valence-corrected chi connectivity index (χ3v) is 2.33. The summed E-state index contributed by atoms with van der Waals surface area (Å²) in [5.41, 5.74) is 0.366. The van der Waals surface area contributed by atoms with Gasteiger partial charge in [-0.25, -0.2) is 9.37 Å². The van der Waals surface area contributed by atoms with Crippen LogP contribution in [0.25, 0.3) is 0 Å². The van der Waals surface area contributed by atoms with Crippen LogP contribution in [0.1, 0.15) is 13.3 Å². The van der Waals surface area contributed by atoms with Gasteiger partial charge in [0.2, 0.25) is 5.95 Å². The van der Waals surface area contributed by atoms with Crippen molar-refractivity contribution >= 4 is 17.5 Å². The molecule has 0 atom stereocenters. The van der Waals surface area contributed by atoms with E-state index >= 15 is 0 Å². The largest absolute Gasteiger partial charge is 0.370 e. The third-order valence-electron chi connectivity index (χ3n) is 2.33. The summed E-state index contributed by atoms with van der Waals surface area (Å²) in [5.74, 6) is 0.778. The zero-order valence-corrected chi connectivity index (χ0v) is 10.2. The number of nitrogens with one attached hydrogen (secondary N) is 2. The second-order valence-corrected chi connectivity index (χ2v) is 3.80. The molecule has 0 unspecified atom stereocenters. The van der Waals surface area contributed by atoms with E-state index in [1.807, 2.05) is 0 Å². The fraction of sp³-hybridized carbons (Fsp3) is 0.231. The first kappa shape index (κ1) is 12.3. The van der Waals surface area contributed by atoms with Crippen molar-refractivity contribution in [1.82, 2.24) is 9.97 Å². The first-order valence-electron chi connectivity index (χ1n) is 5.88. The molecule has 0 amide bonds. The van der Waals surface area contributed by atoms with Crippen molar-refractivity contribution < 1.29 is 4.39 Å². The van der Waals surface area contributed by atoms with E-state index < -0.39 is 0 Å². The van der Waals surface area contributed by atoms with Gasteiger partial charge in [0.15, 0.2) is 0 Å². The average molecular weight is 246 g/mol. The molecule has 0 radical (unpaired) electrons. The molecule has 0 aliphatic heterocycles. The summed E-state index contributed by atoms with van der Waals surface area (Å²) in [5, 5.41) is 6.00. The Morgan fingerprint density at radius 2 is 2.06 bits per heavy atom. The quantitative estimate of drug-likeness (QED) is 0.850. The van der Waals surface area contributed by atoms with Gasteiger partial charge in [-0.05, 0) is 24.6 Å². The van der Waals surface area contributed by atoms with Gasteiger partial charge in [-0.15, -0.1) is 0 Å². The fourth-order valence-electron chi connectivity index (χ4n) is 1.45. The van der Waals surface area contributed by atoms with Crippen molar-refractivity contribution in [2.24, 2.45) is 0 Å². The van der Waals surface area contributed by atoms with Gasteiger partial charge in [0, 0.05) is 12.7 Å². The maximum Gasteiger partial charge on any atom is 0.229 e. The molecule has 1 aromatic carbocycles. The topological polar surface area (TPSA) is 49.8 Å². The summed E-state index contributed by atoms with van der Waals surface area (Å²) in [6, 6.07) is 8.21. The molecule has 1 aromatic heterocycles. The fourth-order valence-corrected chi connectivity index (χ4v) is 1.45. The number of benzene rings is 1. The molecule has 0 fully saturated rings. The molecular weight excluding hydrogens is 231 g/mol. The summed E-state index contributed by atoms with van der Waals surface area (Å²) >= 11 is 0. The van der Waals surface area contributed by atoms with Gasteiger partial charge in [0.1, 0.15) is 11.6 Å². The summed E-state index contributed by atoms with van der Waals surface area (Å²) in [7, 11) is 0. The Bertz CT molecular complexity index is 516. The van der Waals surface area contributed by atoms with Crippen molar-refractivity contribution in [3.63, 3.8) is 0 Å². The van der Waals surface area contributed by atoms with E-state index in [0.29, 0.717) is 11.6 Å². The van der Waals surface area contributed by atoms with E-state index in [0.717, 1.165) is 18.8 Å². The number of nitrogens with zero attached hydrogens (tertiary/aromatic N) is 2. The highest BCUT2D eigenvalue weighted by Crippen LogP contribution is 2.17. The minimum Gasteiger partial charge on any atom is -0.370 e. The smallest absolute Gasteiger partial charge is 0.229 e. The van der Waals surface area contributed by atoms with Gasteiger partial charge < -0.3 is 10.6 Å². The first-order chi connectivity index (χ1) is 8.79. The van der Waals surface area contributed by atoms with E-state index in [-0.39, 0.29) is 5.82 Å². The average Bonchev–Trinajstić information content (AvgIpc) is 2.40. The first-order valence-corrected chi connectivity index (χ1v) is 5.88. The van der Waals surface area contributed by atoms with Crippen LogP contribution < -0.4 is 10.6 Å². The van der Waals surface area contributed by atoms with Crippen LogP contribution in [0, 0.1) is 5.82 Å². The predicted octanol–water partition coefficient (Wildman–Crippen LogP) is 3.18. The van der Waals surface area contributed by atoms with E-state index in [4.69, 9.17) is 0 Å². The summed E-state index contributed by atoms with van der Waals surface area (Å²) in [6.45, 7) is 2.92. The number of anilines is 3. The molecule has 2 rings (SSSR count). The molecule has 4 nitrogen and oxygen atoms in total. The number of hydrogen-bond donors (Lipinski definition) is 2. The Labute approximate surface area is 105 Å². The summed E-state index contributed by atoms with van der Waals surface area (Å²) in [6.07, 6.45) is 2.65. The second kappa shape index (κ2) is 5.95. The van der Waals surface area contributed by atoms with Crippen molar-refractivity contribution in [2.45, 2.75) is 13.3 Å². The molecule has 2 N–H and O–H groups in total. The van der Waals surface area contributed by atoms with Crippen LogP contribution in [0.2, 0.25) is 0 Å². The Morgan fingerprint density at radius 3 is 2.83 bits per heavy atom. The Morgan fingerprint density at radius 1 is 1.22 bits per heavy atom. The highest BCUT2D eigenvalue weighted by Gasteiger charge is 2.03. The van der Waals surface area contributed by atoms with Crippen LogP contribution >= 0.6 is 0 Å². The molecule has 0 saturated carbocycles.